The van der Waals surface area contributed by atoms with Crippen LogP contribution in [-0.2, 0) is 12.8 Å². The summed E-state index contributed by atoms with van der Waals surface area (Å²) >= 11 is 12.0. The first kappa shape index (κ1) is 8.36. The maximum absolute atomic E-state index is 5.99. The SMILES string of the molecule is NC1Cc2c(Cl)ccc(Cl)c2C1. The van der Waals surface area contributed by atoms with E-state index in [1.807, 2.05) is 12.1 Å². The molecular weight excluding hydrogens is 193 g/mol. The topological polar surface area (TPSA) is 26.0 Å². The molecule has 0 radical (unpaired) electrons. The zero-order valence-corrected chi connectivity index (χ0v) is 7.99. The number of hydrogen-bond donors (Lipinski definition) is 1. The Morgan fingerprint density at radius 1 is 1.08 bits per heavy atom. The average Bonchev–Trinajstić information content (AvgIpc) is 2.41. The normalized spacial score (nSPS) is 16.6. The quantitative estimate of drug-likeness (QED) is 0.686. The summed E-state index contributed by atoms with van der Waals surface area (Å²) in [5, 5.41) is 1.59. The van der Waals surface area contributed by atoms with Crippen molar-refractivity contribution in [2.45, 2.75) is 18.9 Å². The summed E-state index contributed by atoms with van der Waals surface area (Å²) in [4.78, 5) is 0. The van der Waals surface area contributed by atoms with Crippen molar-refractivity contribution in [1.82, 2.24) is 0 Å². The van der Waals surface area contributed by atoms with Gasteiger partial charge in [-0.05, 0) is 36.1 Å². The Labute approximate surface area is 81.5 Å². The first-order valence-electron chi connectivity index (χ1n) is 3.90. The highest BCUT2D eigenvalue weighted by Crippen LogP contribution is 2.33. The summed E-state index contributed by atoms with van der Waals surface area (Å²) in [6.07, 6.45) is 1.71. The van der Waals surface area contributed by atoms with Crippen LogP contribution in [0.25, 0.3) is 0 Å². The van der Waals surface area contributed by atoms with Crippen molar-refractivity contribution in [2.75, 3.05) is 0 Å². The first-order chi connectivity index (χ1) is 5.68. The number of hydrogen-bond acceptors (Lipinski definition) is 1. The first-order valence-corrected chi connectivity index (χ1v) is 4.65. The minimum absolute atomic E-state index is 0.192. The third kappa shape index (κ3) is 1.22. The second kappa shape index (κ2) is 2.91. The Bertz CT molecular complexity index is 292. The van der Waals surface area contributed by atoms with Crippen molar-refractivity contribution in [3.8, 4) is 0 Å². The Balaban J connectivity index is 2.56. The smallest absolute Gasteiger partial charge is 0.0442 e. The van der Waals surface area contributed by atoms with Crippen LogP contribution in [0.5, 0.6) is 0 Å². The van der Waals surface area contributed by atoms with Crippen LogP contribution in [0.3, 0.4) is 0 Å². The van der Waals surface area contributed by atoms with Crippen LogP contribution in [0.15, 0.2) is 12.1 Å². The van der Waals surface area contributed by atoms with Gasteiger partial charge >= 0.3 is 0 Å². The molecule has 1 aromatic rings. The number of fused-ring (bicyclic) bond motifs is 1. The van der Waals surface area contributed by atoms with Gasteiger partial charge in [-0.1, -0.05) is 23.2 Å². The molecule has 12 heavy (non-hydrogen) atoms. The van der Waals surface area contributed by atoms with Crippen molar-refractivity contribution in [3.05, 3.63) is 33.3 Å². The lowest BCUT2D eigenvalue weighted by atomic mass is 10.1. The molecule has 0 aliphatic heterocycles. The van der Waals surface area contributed by atoms with Crippen molar-refractivity contribution in [2.24, 2.45) is 5.73 Å². The lowest BCUT2D eigenvalue weighted by Crippen LogP contribution is -2.19. The molecule has 0 saturated carbocycles. The molecule has 0 spiro atoms. The third-order valence-corrected chi connectivity index (χ3v) is 2.96. The second-order valence-electron chi connectivity index (χ2n) is 3.15. The minimum atomic E-state index is 0.192. The van der Waals surface area contributed by atoms with Gasteiger partial charge in [0.2, 0.25) is 0 Å². The molecule has 1 aliphatic rings. The van der Waals surface area contributed by atoms with Gasteiger partial charge in [0.15, 0.2) is 0 Å². The molecule has 0 amide bonds. The van der Waals surface area contributed by atoms with E-state index in [1.54, 1.807) is 0 Å². The number of halogens is 2. The van der Waals surface area contributed by atoms with E-state index in [0.717, 1.165) is 34.0 Å². The molecular formula is C9H9Cl2N. The van der Waals surface area contributed by atoms with E-state index in [0.29, 0.717) is 0 Å². The summed E-state index contributed by atoms with van der Waals surface area (Å²) < 4.78 is 0. The molecule has 2 rings (SSSR count). The molecule has 1 aromatic carbocycles. The molecule has 2 N–H and O–H groups in total. The molecule has 3 heteroatoms. The Hall–Kier alpha value is -0.240. The summed E-state index contributed by atoms with van der Waals surface area (Å²) in [6.45, 7) is 0. The summed E-state index contributed by atoms with van der Waals surface area (Å²) in [6, 6.07) is 3.86. The van der Waals surface area contributed by atoms with Gasteiger partial charge in [-0.25, -0.2) is 0 Å². The van der Waals surface area contributed by atoms with Crippen molar-refractivity contribution >= 4 is 23.2 Å². The second-order valence-corrected chi connectivity index (χ2v) is 3.97. The van der Waals surface area contributed by atoms with Gasteiger partial charge in [0.1, 0.15) is 0 Å². The Kier molecular flexibility index (Phi) is 2.03. The monoisotopic (exact) mass is 201 g/mol. The van der Waals surface area contributed by atoms with E-state index >= 15 is 0 Å². The van der Waals surface area contributed by atoms with Crippen molar-refractivity contribution in [1.29, 1.82) is 0 Å². The predicted octanol–water partition coefficient (Wildman–Crippen LogP) is 2.42. The fourth-order valence-electron chi connectivity index (χ4n) is 1.67. The van der Waals surface area contributed by atoms with Gasteiger partial charge < -0.3 is 5.73 Å². The van der Waals surface area contributed by atoms with E-state index < -0.39 is 0 Å². The number of benzene rings is 1. The molecule has 1 nitrogen and oxygen atoms in total. The lowest BCUT2D eigenvalue weighted by Gasteiger charge is -2.02. The zero-order valence-electron chi connectivity index (χ0n) is 6.48. The van der Waals surface area contributed by atoms with Crippen LogP contribution in [0.4, 0.5) is 0 Å². The summed E-state index contributed by atoms with van der Waals surface area (Å²) in [5.41, 5.74) is 8.08. The van der Waals surface area contributed by atoms with Crippen LogP contribution >= 0.6 is 23.2 Å². The van der Waals surface area contributed by atoms with Crippen molar-refractivity contribution < 1.29 is 0 Å². The van der Waals surface area contributed by atoms with Gasteiger partial charge in [0, 0.05) is 16.1 Å². The van der Waals surface area contributed by atoms with Crippen LogP contribution in [0.2, 0.25) is 10.0 Å². The van der Waals surface area contributed by atoms with Gasteiger partial charge in [0.05, 0.1) is 0 Å². The fraction of sp³-hybridized carbons (Fsp3) is 0.333. The third-order valence-electron chi connectivity index (χ3n) is 2.25. The van der Waals surface area contributed by atoms with E-state index in [-0.39, 0.29) is 6.04 Å². The van der Waals surface area contributed by atoms with Crippen LogP contribution in [0.1, 0.15) is 11.1 Å². The maximum Gasteiger partial charge on any atom is 0.0442 e. The Morgan fingerprint density at radius 2 is 1.50 bits per heavy atom. The van der Waals surface area contributed by atoms with Gasteiger partial charge in [-0.3, -0.25) is 0 Å². The van der Waals surface area contributed by atoms with E-state index in [4.69, 9.17) is 28.9 Å². The zero-order chi connectivity index (χ0) is 8.72. The molecule has 1 aliphatic carbocycles. The fourth-order valence-corrected chi connectivity index (χ4v) is 2.18. The highest BCUT2D eigenvalue weighted by molar-refractivity contribution is 6.34. The highest BCUT2D eigenvalue weighted by atomic mass is 35.5. The van der Waals surface area contributed by atoms with E-state index in [1.165, 1.54) is 0 Å². The Morgan fingerprint density at radius 3 is 1.92 bits per heavy atom. The molecule has 0 saturated heterocycles. The molecule has 0 unspecified atom stereocenters. The van der Waals surface area contributed by atoms with Crippen LogP contribution in [-0.4, -0.2) is 6.04 Å². The van der Waals surface area contributed by atoms with Crippen molar-refractivity contribution in [3.63, 3.8) is 0 Å². The highest BCUT2D eigenvalue weighted by Gasteiger charge is 2.22. The molecule has 0 bridgehead atoms. The van der Waals surface area contributed by atoms with E-state index in [9.17, 15) is 0 Å². The molecule has 0 fully saturated rings. The van der Waals surface area contributed by atoms with Gasteiger partial charge in [-0.2, -0.15) is 0 Å². The summed E-state index contributed by atoms with van der Waals surface area (Å²) in [5.74, 6) is 0. The average molecular weight is 202 g/mol. The molecule has 64 valence electrons. The number of nitrogens with two attached hydrogens (primary N) is 1. The largest absolute Gasteiger partial charge is 0.327 e. The van der Waals surface area contributed by atoms with E-state index in [2.05, 4.69) is 0 Å². The van der Waals surface area contributed by atoms with Gasteiger partial charge in [-0.15, -0.1) is 0 Å². The predicted molar refractivity (Wildman–Crippen MR) is 51.8 cm³/mol. The molecule has 0 heterocycles. The maximum atomic E-state index is 5.99. The molecule has 0 atom stereocenters. The lowest BCUT2D eigenvalue weighted by molar-refractivity contribution is 0.721. The molecule has 0 aromatic heterocycles. The summed E-state index contributed by atoms with van der Waals surface area (Å²) in [7, 11) is 0. The van der Waals surface area contributed by atoms with Gasteiger partial charge in [0.25, 0.3) is 0 Å². The standard InChI is InChI=1S/C9H9Cl2N/c10-8-1-2-9(11)7-4-5(12)3-6(7)8/h1-2,5H,3-4,12H2. The minimum Gasteiger partial charge on any atom is -0.327 e. The number of rotatable bonds is 0. The van der Waals surface area contributed by atoms with Crippen LogP contribution < -0.4 is 5.73 Å². The van der Waals surface area contributed by atoms with Crippen LogP contribution in [0, 0.1) is 0 Å².